The van der Waals surface area contributed by atoms with Crippen LogP contribution in [0, 0.1) is 6.92 Å². The number of nitrogens with zero attached hydrogens (tertiary/aromatic N) is 6. The molecule has 0 aliphatic carbocycles. The average Bonchev–Trinajstić information content (AvgIpc) is 2.99. The van der Waals surface area contributed by atoms with Crippen LogP contribution in [0.15, 0.2) is 42.7 Å². The van der Waals surface area contributed by atoms with Gasteiger partial charge in [0.15, 0.2) is 0 Å². The molecular weight excluding hydrogens is 312 g/mol. The van der Waals surface area contributed by atoms with Crippen LogP contribution in [-0.2, 0) is 6.54 Å². The number of rotatable bonds is 3. The number of anilines is 1. The molecule has 3 heterocycles. The first kappa shape index (κ1) is 16.0. The van der Waals surface area contributed by atoms with Crippen LogP contribution in [0.5, 0.6) is 0 Å². The number of aromatic nitrogens is 4. The molecule has 1 saturated heterocycles. The molecule has 1 unspecified atom stereocenters. The molecule has 1 aromatic carbocycles. The Hall–Kier alpha value is -2.47. The van der Waals surface area contributed by atoms with Gasteiger partial charge in [0, 0.05) is 44.0 Å². The SMILES string of the molecule is Cc1cc(N2CCCN(Cc3ccccc3)CC2C)n2ncnc2n1. The van der Waals surface area contributed by atoms with Gasteiger partial charge in [-0.1, -0.05) is 30.3 Å². The van der Waals surface area contributed by atoms with Crippen molar-refractivity contribution in [2.75, 3.05) is 24.5 Å². The lowest BCUT2D eigenvalue weighted by atomic mass is 10.2. The lowest BCUT2D eigenvalue weighted by Crippen LogP contribution is -2.40. The van der Waals surface area contributed by atoms with E-state index in [-0.39, 0.29) is 0 Å². The zero-order chi connectivity index (χ0) is 17.2. The summed E-state index contributed by atoms with van der Waals surface area (Å²) in [6.45, 7) is 8.48. The molecule has 130 valence electrons. The smallest absolute Gasteiger partial charge is 0.254 e. The number of hydrogen-bond donors (Lipinski definition) is 0. The minimum absolute atomic E-state index is 0.403. The number of hydrogen-bond acceptors (Lipinski definition) is 5. The van der Waals surface area contributed by atoms with Crippen molar-refractivity contribution in [3.8, 4) is 0 Å². The lowest BCUT2D eigenvalue weighted by molar-refractivity contribution is 0.268. The molecule has 3 aromatic rings. The van der Waals surface area contributed by atoms with Crippen LogP contribution in [-0.4, -0.2) is 50.2 Å². The highest BCUT2D eigenvalue weighted by Crippen LogP contribution is 2.22. The fourth-order valence-electron chi connectivity index (χ4n) is 3.69. The van der Waals surface area contributed by atoms with Crippen LogP contribution in [0.3, 0.4) is 0 Å². The van der Waals surface area contributed by atoms with E-state index in [2.05, 4.69) is 68.2 Å². The van der Waals surface area contributed by atoms with Gasteiger partial charge in [0.2, 0.25) is 0 Å². The fraction of sp³-hybridized carbons (Fsp3) is 0.421. The summed E-state index contributed by atoms with van der Waals surface area (Å²) in [6.07, 6.45) is 2.71. The average molecular weight is 336 g/mol. The Balaban J connectivity index is 1.57. The van der Waals surface area contributed by atoms with Crippen LogP contribution < -0.4 is 4.90 Å². The summed E-state index contributed by atoms with van der Waals surface area (Å²) in [4.78, 5) is 13.7. The van der Waals surface area contributed by atoms with Crippen LogP contribution in [0.1, 0.15) is 24.6 Å². The first-order chi connectivity index (χ1) is 12.2. The highest BCUT2D eigenvalue weighted by Gasteiger charge is 2.24. The summed E-state index contributed by atoms with van der Waals surface area (Å²) in [5, 5.41) is 4.37. The van der Waals surface area contributed by atoms with Crippen LogP contribution in [0.25, 0.3) is 5.78 Å². The van der Waals surface area contributed by atoms with E-state index in [0.29, 0.717) is 11.8 Å². The third-order valence-electron chi connectivity index (χ3n) is 4.83. The van der Waals surface area contributed by atoms with E-state index < -0.39 is 0 Å². The van der Waals surface area contributed by atoms with Gasteiger partial charge >= 0.3 is 0 Å². The van der Waals surface area contributed by atoms with Gasteiger partial charge in [-0.3, -0.25) is 4.90 Å². The Morgan fingerprint density at radius 3 is 2.84 bits per heavy atom. The molecule has 1 aliphatic rings. The maximum absolute atomic E-state index is 4.46. The molecule has 25 heavy (non-hydrogen) atoms. The summed E-state index contributed by atoms with van der Waals surface area (Å²) >= 11 is 0. The van der Waals surface area contributed by atoms with Crippen molar-refractivity contribution >= 4 is 11.6 Å². The summed E-state index contributed by atoms with van der Waals surface area (Å²) in [5.41, 5.74) is 2.36. The molecule has 0 N–H and O–H groups in total. The lowest BCUT2D eigenvalue weighted by Gasteiger charge is -2.31. The molecule has 0 saturated carbocycles. The van der Waals surface area contributed by atoms with E-state index >= 15 is 0 Å². The molecule has 0 radical (unpaired) electrons. The summed E-state index contributed by atoms with van der Waals surface area (Å²) in [5.74, 6) is 1.77. The van der Waals surface area contributed by atoms with Crippen molar-refractivity contribution < 1.29 is 0 Å². The van der Waals surface area contributed by atoms with Crippen molar-refractivity contribution in [3.05, 3.63) is 54.0 Å². The molecule has 4 rings (SSSR count). The summed E-state index contributed by atoms with van der Waals surface area (Å²) in [7, 11) is 0. The third kappa shape index (κ3) is 3.35. The number of benzene rings is 1. The number of fused-ring (bicyclic) bond motifs is 1. The van der Waals surface area contributed by atoms with Gasteiger partial charge in [-0.15, -0.1) is 0 Å². The fourth-order valence-corrected chi connectivity index (χ4v) is 3.69. The summed E-state index contributed by atoms with van der Waals surface area (Å²) < 4.78 is 1.86. The van der Waals surface area contributed by atoms with Crippen molar-refractivity contribution in [2.24, 2.45) is 0 Å². The largest absolute Gasteiger partial charge is 0.352 e. The molecule has 6 nitrogen and oxygen atoms in total. The van der Waals surface area contributed by atoms with Crippen LogP contribution in [0.4, 0.5) is 5.82 Å². The van der Waals surface area contributed by atoms with E-state index in [4.69, 9.17) is 0 Å². The van der Waals surface area contributed by atoms with E-state index in [1.165, 1.54) is 5.56 Å². The normalized spacial score (nSPS) is 19.3. The molecule has 0 spiro atoms. The second kappa shape index (κ2) is 6.80. The Bertz CT molecular complexity index is 844. The first-order valence-electron chi connectivity index (χ1n) is 8.91. The van der Waals surface area contributed by atoms with Gasteiger partial charge in [0.05, 0.1) is 0 Å². The van der Waals surface area contributed by atoms with Gasteiger partial charge in [-0.05, 0) is 25.8 Å². The van der Waals surface area contributed by atoms with Gasteiger partial charge in [0.25, 0.3) is 5.78 Å². The predicted molar refractivity (Wildman–Crippen MR) is 98.7 cm³/mol. The molecule has 1 atom stereocenters. The quantitative estimate of drug-likeness (QED) is 0.736. The Labute approximate surface area is 148 Å². The van der Waals surface area contributed by atoms with E-state index in [0.717, 1.165) is 44.1 Å². The first-order valence-corrected chi connectivity index (χ1v) is 8.91. The van der Waals surface area contributed by atoms with Gasteiger partial charge in [-0.25, -0.2) is 4.98 Å². The minimum atomic E-state index is 0.403. The maximum Gasteiger partial charge on any atom is 0.254 e. The Kier molecular flexibility index (Phi) is 4.36. The Morgan fingerprint density at radius 2 is 2.00 bits per heavy atom. The molecule has 2 aromatic heterocycles. The molecule has 1 aliphatic heterocycles. The third-order valence-corrected chi connectivity index (χ3v) is 4.83. The topological polar surface area (TPSA) is 49.6 Å². The molecule has 0 amide bonds. The standard InChI is InChI=1S/C19H24N6/c1-15-11-18(25-19(22-15)20-14-21-25)24-10-6-9-23(12-16(24)2)13-17-7-4-3-5-8-17/h3-5,7-8,11,14,16H,6,9-10,12-13H2,1-2H3. The highest BCUT2D eigenvalue weighted by molar-refractivity contribution is 5.48. The minimum Gasteiger partial charge on any atom is -0.352 e. The van der Waals surface area contributed by atoms with Crippen molar-refractivity contribution in [3.63, 3.8) is 0 Å². The van der Waals surface area contributed by atoms with Gasteiger partial charge in [-0.2, -0.15) is 14.6 Å². The van der Waals surface area contributed by atoms with Crippen LogP contribution in [0.2, 0.25) is 0 Å². The maximum atomic E-state index is 4.46. The molecule has 6 heteroatoms. The molecule has 1 fully saturated rings. The van der Waals surface area contributed by atoms with Gasteiger partial charge < -0.3 is 4.90 Å². The van der Waals surface area contributed by atoms with E-state index in [1.807, 2.05) is 11.4 Å². The monoisotopic (exact) mass is 336 g/mol. The van der Waals surface area contributed by atoms with Gasteiger partial charge in [0.1, 0.15) is 12.1 Å². The number of aryl methyl sites for hydroxylation is 1. The zero-order valence-electron chi connectivity index (χ0n) is 14.8. The van der Waals surface area contributed by atoms with E-state index in [9.17, 15) is 0 Å². The molecular formula is C19H24N6. The second-order valence-corrected chi connectivity index (χ2v) is 6.84. The zero-order valence-corrected chi connectivity index (χ0v) is 14.8. The van der Waals surface area contributed by atoms with Crippen molar-refractivity contribution in [1.82, 2.24) is 24.5 Å². The van der Waals surface area contributed by atoms with Crippen molar-refractivity contribution in [2.45, 2.75) is 32.9 Å². The van der Waals surface area contributed by atoms with E-state index in [1.54, 1.807) is 6.33 Å². The van der Waals surface area contributed by atoms with Crippen molar-refractivity contribution in [1.29, 1.82) is 0 Å². The predicted octanol–water partition coefficient (Wildman–Crippen LogP) is 2.53. The Morgan fingerprint density at radius 1 is 1.16 bits per heavy atom. The van der Waals surface area contributed by atoms with Crippen LogP contribution >= 0.6 is 0 Å². The second-order valence-electron chi connectivity index (χ2n) is 6.84. The molecule has 0 bridgehead atoms. The highest BCUT2D eigenvalue weighted by atomic mass is 15.4. The summed E-state index contributed by atoms with van der Waals surface area (Å²) in [6, 6.07) is 13.2.